The average Bonchev–Trinajstić information content (AvgIpc) is 2.55. The number of nitrogens with zero attached hydrogens (tertiary/aromatic N) is 1. The standard InChI is InChI=1S/C21H35NO3Si/c1-9-14-18(25-26(7,8)21(3,4)5)19(17-15-12-11-13-16-17)22(6)20(23)24-10-2/h9,11-16,18-19H,10H2,1-8H3/b14-9+/t18-,19-/m1/s1. The Balaban J connectivity index is 3.33. The van der Waals surface area contributed by atoms with Gasteiger partial charge in [0.25, 0.3) is 0 Å². The molecule has 0 spiro atoms. The van der Waals surface area contributed by atoms with E-state index >= 15 is 0 Å². The molecule has 4 nitrogen and oxygen atoms in total. The first-order valence-electron chi connectivity index (χ1n) is 9.30. The third-order valence-corrected chi connectivity index (χ3v) is 9.52. The van der Waals surface area contributed by atoms with Gasteiger partial charge >= 0.3 is 6.09 Å². The third-order valence-electron chi connectivity index (χ3n) is 5.04. The predicted octanol–water partition coefficient (Wildman–Crippen LogP) is 5.78. The second-order valence-corrected chi connectivity index (χ2v) is 12.8. The summed E-state index contributed by atoms with van der Waals surface area (Å²) >= 11 is 0. The van der Waals surface area contributed by atoms with E-state index in [1.807, 2.05) is 56.3 Å². The molecule has 0 saturated carbocycles. The van der Waals surface area contributed by atoms with Gasteiger partial charge in [0, 0.05) is 7.05 Å². The van der Waals surface area contributed by atoms with Gasteiger partial charge in [0.1, 0.15) is 0 Å². The van der Waals surface area contributed by atoms with Crippen molar-refractivity contribution in [3.05, 3.63) is 48.0 Å². The van der Waals surface area contributed by atoms with Crippen LogP contribution in [0, 0.1) is 0 Å². The van der Waals surface area contributed by atoms with Crippen molar-refractivity contribution in [2.75, 3.05) is 13.7 Å². The Kier molecular flexibility index (Phi) is 8.09. The highest BCUT2D eigenvalue weighted by atomic mass is 28.4. The topological polar surface area (TPSA) is 38.8 Å². The minimum atomic E-state index is -2.03. The molecule has 0 aromatic heterocycles. The Morgan fingerprint density at radius 1 is 1.23 bits per heavy atom. The molecule has 1 aromatic carbocycles. The van der Waals surface area contributed by atoms with Crippen molar-refractivity contribution in [3.63, 3.8) is 0 Å². The van der Waals surface area contributed by atoms with Crippen molar-refractivity contribution in [1.29, 1.82) is 0 Å². The van der Waals surface area contributed by atoms with Gasteiger partial charge < -0.3 is 14.1 Å². The number of ether oxygens (including phenoxy) is 1. The maximum Gasteiger partial charge on any atom is 0.410 e. The van der Waals surface area contributed by atoms with Crippen molar-refractivity contribution in [2.45, 2.75) is 64.9 Å². The maximum atomic E-state index is 12.5. The predicted molar refractivity (Wildman–Crippen MR) is 111 cm³/mol. The van der Waals surface area contributed by atoms with E-state index in [0.717, 1.165) is 5.56 Å². The van der Waals surface area contributed by atoms with Gasteiger partial charge in [-0.3, -0.25) is 0 Å². The summed E-state index contributed by atoms with van der Waals surface area (Å²) in [4.78, 5) is 14.1. The van der Waals surface area contributed by atoms with Crippen LogP contribution in [0.4, 0.5) is 4.79 Å². The lowest BCUT2D eigenvalue weighted by Gasteiger charge is -2.42. The van der Waals surface area contributed by atoms with Crippen LogP contribution < -0.4 is 0 Å². The molecule has 0 heterocycles. The fourth-order valence-corrected chi connectivity index (χ4v) is 3.78. The van der Waals surface area contributed by atoms with Gasteiger partial charge in [0.05, 0.1) is 18.8 Å². The molecule has 0 aliphatic rings. The summed E-state index contributed by atoms with van der Waals surface area (Å²) in [7, 11) is -0.251. The first-order valence-corrected chi connectivity index (χ1v) is 12.2. The van der Waals surface area contributed by atoms with Crippen LogP contribution in [-0.2, 0) is 9.16 Å². The van der Waals surface area contributed by atoms with E-state index in [1.54, 1.807) is 11.9 Å². The van der Waals surface area contributed by atoms with Crippen LogP contribution in [0.5, 0.6) is 0 Å². The van der Waals surface area contributed by atoms with Crippen molar-refractivity contribution in [1.82, 2.24) is 4.90 Å². The smallest absolute Gasteiger partial charge is 0.410 e. The third kappa shape index (κ3) is 5.71. The molecule has 0 fully saturated rings. The summed E-state index contributed by atoms with van der Waals surface area (Å²) in [6.07, 6.45) is 3.47. The number of hydrogen-bond acceptors (Lipinski definition) is 3. The van der Waals surface area contributed by atoms with E-state index in [1.165, 1.54) is 0 Å². The summed E-state index contributed by atoms with van der Waals surface area (Å²) in [6, 6.07) is 9.77. The lowest BCUT2D eigenvalue weighted by Crippen LogP contribution is -2.48. The second kappa shape index (κ2) is 9.37. The maximum absolute atomic E-state index is 12.5. The molecule has 2 atom stereocenters. The number of allylic oxidation sites excluding steroid dienone is 1. The first kappa shape index (κ1) is 22.4. The Labute approximate surface area is 160 Å². The molecule has 0 saturated heterocycles. The highest BCUT2D eigenvalue weighted by molar-refractivity contribution is 6.74. The first-order chi connectivity index (χ1) is 12.0. The molecule has 146 valence electrons. The largest absolute Gasteiger partial charge is 0.450 e. The molecule has 0 bridgehead atoms. The summed E-state index contributed by atoms with van der Waals surface area (Å²) < 4.78 is 12.0. The zero-order valence-electron chi connectivity index (χ0n) is 17.6. The van der Waals surface area contributed by atoms with Crippen LogP contribution in [0.3, 0.4) is 0 Å². The highest BCUT2D eigenvalue weighted by Gasteiger charge is 2.41. The monoisotopic (exact) mass is 377 g/mol. The molecular formula is C21H35NO3Si. The van der Waals surface area contributed by atoms with Crippen LogP contribution >= 0.6 is 0 Å². The van der Waals surface area contributed by atoms with Crippen LogP contribution in [0.15, 0.2) is 42.5 Å². The zero-order chi connectivity index (χ0) is 20.0. The lowest BCUT2D eigenvalue weighted by molar-refractivity contribution is 0.0678. The number of rotatable bonds is 7. The van der Waals surface area contributed by atoms with Gasteiger partial charge in [-0.1, -0.05) is 63.3 Å². The Hall–Kier alpha value is -1.59. The molecule has 0 aliphatic carbocycles. The number of carbonyl (C=O) groups excluding carboxylic acids is 1. The van der Waals surface area contributed by atoms with E-state index in [2.05, 4.69) is 33.9 Å². The molecule has 1 aromatic rings. The molecule has 1 amide bonds. The number of benzene rings is 1. The SMILES string of the molecule is C/C=C/[C@@H](O[Si](C)(C)C(C)(C)C)[C@@H](c1ccccc1)N(C)C(=O)OCC. The van der Waals surface area contributed by atoms with E-state index in [-0.39, 0.29) is 23.3 Å². The van der Waals surface area contributed by atoms with Crippen LogP contribution in [0.2, 0.25) is 18.1 Å². The summed E-state index contributed by atoms with van der Waals surface area (Å²) in [5.41, 5.74) is 1.03. The molecule has 0 radical (unpaired) electrons. The number of amides is 1. The van der Waals surface area contributed by atoms with Crippen LogP contribution in [-0.4, -0.2) is 39.1 Å². The fraction of sp³-hybridized carbons (Fsp3) is 0.571. The van der Waals surface area contributed by atoms with Crippen molar-refractivity contribution in [3.8, 4) is 0 Å². The molecule has 0 N–H and O–H groups in total. The molecular weight excluding hydrogens is 342 g/mol. The Morgan fingerprint density at radius 2 is 1.81 bits per heavy atom. The van der Waals surface area contributed by atoms with E-state index in [9.17, 15) is 4.79 Å². The van der Waals surface area contributed by atoms with Gasteiger partial charge in [0.2, 0.25) is 0 Å². The van der Waals surface area contributed by atoms with Crippen molar-refractivity contribution >= 4 is 14.4 Å². The van der Waals surface area contributed by atoms with Gasteiger partial charge in [-0.15, -0.1) is 0 Å². The quantitative estimate of drug-likeness (QED) is 0.446. The van der Waals surface area contributed by atoms with Gasteiger partial charge in [0.15, 0.2) is 8.32 Å². The molecule has 1 rings (SSSR count). The normalized spacial score (nSPS) is 14.9. The minimum absolute atomic E-state index is 0.0799. The van der Waals surface area contributed by atoms with Gasteiger partial charge in [-0.25, -0.2) is 4.79 Å². The van der Waals surface area contributed by atoms with E-state index in [0.29, 0.717) is 6.61 Å². The fourth-order valence-electron chi connectivity index (χ4n) is 2.54. The molecule has 5 heteroatoms. The minimum Gasteiger partial charge on any atom is -0.450 e. The Bertz CT molecular complexity index is 593. The summed E-state index contributed by atoms with van der Waals surface area (Å²) in [6.45, 7) is 15.3. The number of carbonyl (C=O) groups is 1. The summed E-state index contributed by atoms with van der Waals surface area (Å²) in [5.74, 6) is 0. The highest BCUT2D eigenvalue weighted by Crippen LogP contribution is 2.40. The number of likely N-dealkylation sites (N-methyl/N-ethyl adjacent to an activating group) is 1. The molecule has 0 unspecified atom stereocenters. The zero-order valence-corrected chi connectivity index (χ0v) is 18.6. The van der Waals surface area contributed by atoms with Gasteiger partial charge in [-0.2, -0.15) is 0 Å². The van der Waals surface area contributed by atoms with Crippen LogP contribution in [0.25, 0.3) is 0 Å². The van der Waals surface area contributed by atoms with Crippen molar-refractivity contribution in [2.24, 2.45) is 0 Å². The Morgan fingerprint density at radius 3 is 2.27 bits per heavy atom. The van der Waals surface area contributed by atoms with Crippen molar-refractivity contribution < 1.29 is 14.0 Å². The van der Waals surface area contributed by atoms with E-state index < -0.39 is 8.32 Å². The summed E-state index contributed by atoms with van der Waals surface area (Å²) in [5, 5.41) is 0.0799. The second-order valence-electron chi connectivity index (χ2n) is 8.03. The molecule has 0 aliphatic heterocycles. The van der Waals surface area contributed by atoms with E-state index in [4.69, 9.17) is 9.16 Å². The van der Waals surface area contributed by atoms with Crippen LogP contribution in [0.1, 0.15) is 46.2 Å². The average molecular weight is 378 g/mol. The number of hydrogen-bond donors (Lipinski definition) is 0. The molecule has 26 heavy (non-hydrogen) atoms. The van der Waals surface area contributed by atoms with Gasteiger partial charge in [-0.05, 0) is 37.5 Å². The lowest BCUT2D eigenvalue weighted by atomic mass is 10.00.